The molecular weight excluding hydrogens is 528 g/mol. The zero-order valence-corrected chi connectivity index (χ0v) is 28.3. The highest BCUT2D eigenvalue weighted by Crippen LogP contribution is 2.68. The van der Waals surface area contributed by atoms with Gasteiger partial charge in [0.25, 0.3) is 0 Å². The number of fused-ring (bicyclic) bond motifs is 5. The fraction of sp³-hybridized carbons (Fsp3) is 0.917. The molecule has 0 heterocycles. The fourth-order valence-electron chi connectivity index (χ4n) is 10.2. The van der Waals surface area contributed by atoms with E-state index in [2.05, 4.69) is 20.8 Å². The number of esters is 3. The minimum atomic E-state index is -0.885. The molecule has 0 radical (unpaired) electrons. The summed E-state index contributed by atoms with van der Waals surface area (Å²) < 4.78 is 17.0. The third-order valence-electron chi connectivity index (χ3n) is 12.0. The van der Waals surface area contributed by atoms with E-state index in [1.54, 1.807) is 6.92 Å². The Kier molecular flexibility index (Phi) is 9.57. The maximum Gasteiger partial charge on any atom is 0.320 e. The van der Waals surface area contributed by atoms with Crippen LogP contribution >= 0.6 is 0 Å². The van der Waals surface area contributed by atoms with Gasteiger partial charge in [-0.05, 0) is 159 Å². The molecule has 0 spiro atoms. The minimum Gasteiger partial charge on any atom is -0.463 e. The van der Waals surface area contributed by atoms with Gasteiger partial charge in [-0.25, -0.2) is 0 Å². The maximum atomic E-state index is 13.1. The summed E-state index contributed by atoms with van der Waals surface area (Å²) >= 11 is 0. The van der Waals surface area contributed by atoms with Crippen molar-refractivity contribution in [1.82, 2.24) is 0 Å². The van der Waals surface area contributed by atoms with Crippen molar-refractivity contribution in [3.63, 3.8) is 0 Å². The minimum absolute atomic E-state index is 0.105. The van der Waals surface area contributed by atoms with Crippen molar-refractivity contribution in [2.75, 3.05) is 0 Å². The van der Waals surface area contributed by atoms with Crippen LogP contribution in [-0.4, -0.2) is 35.2 Å². The molecule has 0 aromatic rings. The van der Waals surface area contributed by atoms with Gasteiger partial charge in [-0.2, -0.15) is 0 Å². The lowest BCUT2D eigenvalue weighted by Crippen LogP contribution is -2.54. The summed E-state index contributed by atoms with van der Waals surface area (Å²) in [5, 5.41) is 0. The van der Waals surface area contributed by atoms with E-state index < -0.39 is 29.1 Å². The van der Waals surface area contributed by atoms with Gasteiger partial charge in [-0.3, -0.25) is 14.4 Å². The lowest BCUT2D eigenvalue weighted by Gasteiger charge is -2.61. The van der Waals surface area contributed by atoms with Crippen LogP contribution in [0.15, 0.2) is 0 Å². The molecule has 4 rings (SSSR count). The molecule has 0 saturated heterocycles. The second kappa shape index (κ2) is 12.1. The Morgan fingerprint density at radius 2 is 1.33 bits per heavy atom. The molecule has 5 unspecified atom stereocenters. The summed E-state index contributed by atoms with van der Waals surface area (Å²) in [6, 6.07) is 0. The number of ether oxygens (including phenoxy) is 3. The second-order valence-corrected chi connectivity index (χ2v) is 17.1. The standard InChI is InChI=1S/C36H60O6/c1-22(11-13-27(31(38)41-33(3,4)5)32(39)42-34(6,7)8)28-15-16-29-26-14-12-24-21-25(40-23(2)37)17-19-35(24,9)30(26)18-20-36(28,29)10/h22,24-30H,11-21H2,1-10H3/t22-,24?,25-,26?,28?,29?,30?,35+,36-/m1/s1. The largest absolute Gasteiger partial charge is 0.463 e. The first-order valence-corrected chi connectivity index (χ1v) is 17.0. The third-order valence-corrected chi connectivity index (χ3v) is 12.0. The quantitative estimate of drug-likeness (QED) is 0.169. The zero-order chi connectivity index (χ0) is 31.3. The van der Waals surface area contributed by atoms with Gasteiger partial charge in [0.1, 0.15) is 17.3 Å². The molecular formula is C36H60O6. The van der Waals surface area contributed by atoms with Crippen molar-refractivity contribution >= 4 is 17.9 Å². The Labute approximate surface area is 255 Å². The molecule has 0 aliphatic heterocycles. The van der Waals surface area contributed by atoms with E-state index in [9.17, 15) is 14.4 Å². The van der Waals surface area contributed by atoms with Crippen molar-refractivity contribution < 1.29 is 28.6 Å². The van der Waals surface area contributed by atoms with E-state index in [4.69, 9.17) is 14.2 Å². The monoisotopic (exact) mass is 588 g/mol. The molecule has 240 valence electrons. The van der Waals surface area contributed by atoms with Crippen molar-refractivity contribution in [3.8, 4) is 0 Å². The molecule has 4 aliphatic rings. The van der Waals surface area contributed by atoms with Crippen LogP contribution in [0.2, 0.25) is 0 Å². The van der Waals surface area contributed by atoms with Crippen molar-refractivity contribution in [1.29, 1.82) is 0 Å². The first-order chi connectivity index (χ1) is 19.3. The van der Waals surface area contributed by atoms with Crippen LogP contribution in [0.25, 0.3) is 0 Å². The lowest BCUT2D eigenvalue weighted by atomic mass is 9.44. The van der Waals surface area contributed by atoms with Gasteiger partial charge in [0, 0.05) is 6.92 Å². The summed E-state index contributed by atoms with van der Waals surface area (Å²) in [4.78, 5) is 37.9. The smallest absolute Gasteiger partial charge is 0.320 e. The third kappa shape index (κ3) is 7.04. The Bertz CT molecular complexity index is 977. The number of hydrogen-bond donors (Lipinski definition) is 0. The number of hydrogen-bond acceptors (Lipinski definition) is 6. The maximum absolute atomic E-state index is 13.1. The van der Waals surface area contributed by atoms with Gasteiger partial charge in [0.15, 0.2) is 5.92 Å². The molecule has 0 aromatic carbocycles. The van der Waals surface area contributed by atoms with E-state index >= 15 is 0 Å². The van der Waals surface area contributed by atoms with Gasteiger partial charge < -0.3 is 14.2 Å². The Morgan fingerprint density at radius 3 is 1.90 bits per heavy atom. The highest BCUT2D eigenvalue weighted by atomic mass is 16.6. The summed E-state index contributed by atoms with van der Waals surface area (Å²) in [6.45, 7) is 20.1. The van der Waals surface area contributed by atoms with Gasteiger partial charge in [-0.1, -0.05) is 20.8 Å². The predicted octanol–water partition coefficient (Wildman–Crippen LogP) is 8.29. The highest BCUT2D eigenvalue weighted by molar-refractivity contribution is 5.95. The molecule has 4 saturated carbocycles. The topological polar surface area (TPSA) is 78.9 Å². The molecule has 0 amide bonds. The van der Waals surface area contributed by atoms with Crippen LogP contribution in [0.1, 0.15) is 140 Å². The molecule has 42 heavy (non-hydrogen) atoms. The van der Waals surface area contributed by atoms with Crippen molar-refractivity contribution in [3.05, 3.63) is 0 Å². The Morgan fingerprint density at radius 1 is 0.762 bits per heavy atom. The van der Waals surface area contributed by atoms with E-state index in [1.807, 2.05) is 41.5 Å². The molecule has 0 bridgehead atoms. The van der Waals surface area contributed by atoms with Crippen LogP contribution in [0.4, 0.5) is 0 Å². The van der Waals surface area contributed by atoms with Crippen molar-refractivity contribution in [2.24, 2.45) is 52.3 Å². The lowest BCUT2D eigenvalue weighted by molar-refractivity contribution is -0.175. The summed E-state index contributed by atoms with van der Waals surface area (Å²) in [6.07, 6.45) is 12.3. The predicted molar refractivity (Wildman–Crippen MR) is 164 cm³/mol. The van der Waals surface area contributed by atoms with Gasteiger partial charge in [0.2, 0.25) is 0 Å². The van der Waals surface area contributed by atoms with Crippen LogP contribution < -0.4 is 0 Å². The van der Waals surface area contributed by atoms with Crippen LogP contribution in [0, 0.1) is 52.3 Å². The number of rotatable bonds is 7. The van der Waals surface area contributed by atoms with Gasteiger partial charge in [0.05, 0.1) is 0 Å². The van der Waals surface area contributed by atoms with Crippen LogP contribution in [0.5, 0.6) is 0 Å². The molecule has 0 aromatic heterocycles. The average Bonchev–Trinajstić information content (AvgIpc) is 3.19. The second-order valence-electron chi connectivity index (χ2n) is 17.1. The normalized spacial score (nSPS) is 37.2. The zero-order valence-electron chi connectivity index (χ0n) is 28.3. The molecule has 0 N–H and O–H groups in total. The first kappa shape index (κ1) is 33.3. The van der Waals surface area contributed by atoms with Crippen LogP contribution in [0.3, 0.4) is 0 Å². The molecule has 9 atom stereocenters. The highest BCUT2D eigenvalue weighted by Gasteiger charge is 2.60. The number of carbonyl (C=O) groups is 3. The molecule has 4 aliphatic carbocycles. The summed E-state index contributed by atoms with van der Waals surface area (Å²) in [7, 11) is 0. The SMILES string of the molecule is CC(=O)O[C@@H]1CC[C@@]2(C)C(CCC3C2CC[C@@]2(C)C3CCC2[C@H](C)CCC(C(=O)OC(C)(C)C)C(=O)OC(C)(C)C)C1. The van der Waals surface area contributed by atoms with E-state index in [1.165, 1.54) is 44.9 Å². The Hall–Kier alpha value is -1.59. The molecule has 6 heteroatoms. The van der Waals surface area contributed by atoms with Crippen molar-refractivity contribution in [2.45, 2.75) is 157 Å². The molecule has 6 nitrogen and oxygen atoms in total. The molecule has 4 fully saturated rings. The Balaban J connectivity index is 1.43. The van der Waals surface area contributed by atoms with Crippen LogP contribution in [-0.2, 0) is 28.6 Å². The number of carbonyl (C=O) groups excluding carboxylic acids is 3. The summed E-state index contributed by atoms with van der Waals surface area (Å²) in [5.41, 5.74) is -0.628. The fourth-order valence-corrected chi connectivity index (χ4v) is 10.2. The van der Waals surface area contributed by atoms with E-state index in [-0.39, 0.29) is 12.1 Å². The summed E-state index contributed by atoms with van der Waals surface area (Å²) in [5.74, 6) is 2.04. The van der Waals surface area contributed by atoms with E-state index in [0.29, 0.717) is 35.0 Å². The van der Waals surface area contributed by atoms with E-state index in [0.717, 1.165) is 37.0 Å². The van der Waals surface area contributed by atoms with Gasteiger partial charge in [-0.15, -0.1) is 0 Å². The average molecular weight is 589 g/mol. The van der Waals surface area contributed by atoms with Gasteiger partial charge >= 0.3 is 17.9 Å². The first-order valence-electron chi connectivity index (χ1n) is 17.0.